The van der Waals surface area contributed by atoms with Crippen molar-refractivity contribution < 1.29 is 14.6 Å². The van der Waals surface area contributed by atoms with Gasteiger partial charge < -0.3 is 9.84 Å². The van der Waals surface area contributed by atoms with Crippen LogP contribution in [0.1, 0.15) is 39.0 Å². The number of rotatable bonds is 1. The Kier molecular flexibility index (Phi) is 2.11. The summed E-state index contributed by atoms with van der Waals surface area (Å²) in [6.07, 6.45) is 4.62. The van der Waals surface area contributed by atoms with Gasteiger partial charge in [0, 0.05) is 0 Å². The van der Waals surface area contributed by atoms with Crippen LogP contribution < -0.4 is 0 Å². The third-order valence-corrected chi connectivity index (χ3v) is 4.42. The molecule has 2 aliphatic rings. The van der Waals surface area contributed by atoms with Crippen molar-refractivity contribution in [3.63, 3.8) is 0 Å². The molecule has 80 valence electrons. The summed E-state index contributed by atoms with van der Waals surface area (Å²) in [5.74, 6) is 0.0695. The Bertz CT molecular complexity index is 255. The molecule has 2 rings (SSSR count). The Morgan fingerprint density at radius 3 is 2.79 bits per heavy atom. The molecule has 0 unspecified atom stereocenters. The molecule has 0 aromatic carbocycles. The maximum absolute atomic E-state index is 11.8. The van der Waals surface area contributed by atoms with Gasteiger partial charge in [-0.15, -0.1) is 0 Å². The third kappa shape index (κ3) is 0.991. The number of hydrogen-bond acceptors (Lipinski definition) is 3. The van der Waals surface area contributed by atoms with Crippen LogP contribution in [0.4, 0.5) is 0 Å². The van der Waals surface area contributed by atoms with Crippen LogP contribution in [-0.2, 0) is 9.53 Å². The van der Waals surface area contributed by atoms with E-state index in [1.807, 2.05) is 0 Å². The van der Waals surface area contributed by atoms with Gasteiger partial charge >= 0.3 is 5.97 Å². The summed E-state index contributed by atoms with van der Waals surface area (Å²) in [4.78, 5) is 11.8. The van der Waals surface area contributed by atoms with E-state index in [0.29, 0.717) is 0 Å². The predicted molar refractivity (Wildman–Crippen MR) is 51.6 cm³/mol. The normalized spacial score (nSPS) is 46.4. The first-order valence-corrected chi connectivity index (χ1v) is 5.35. The van der Waals surface area contributed by atoms with Crippen molar-refractivity contribution in [3.8, 4) is 0 Å². The zero-order valence-corrected chi connectivity index (χ0v) is 8.88. The van der Waals surface area contributed by atoms with Gasteiger partial charge in [-0.1, -0.05) is 6.42 Å². The van der Waals surface area contributed by atoms with Gasteiger partial charge in [0.1, 0.15) is 0 Å². The smallest absolute Gasteiger partial charge is 0.314 e. The number of esters is 1. The lowest BCUT2D eigenvalue weighted by atomic mass is 9.65. The minimum absolute atomic E-state index is 0.218. The second kappa shape index (κ2) is 2.96. The van der Waals surface area contributed by atoms with Crippen molar-refractivity contribution in [2.45, 2.75) is 44.6 Å². The summed E-state index contributed by atoms with van der Waals surface area (Å²) in [5, 5.41) is 10.4. The van der Waals surface area contributed by atoms with Gasteiger partial charge in [0.25, 0.3) is 0 Å². The van der Waals surface area contributed by atoms with E-state index >= 15 is 0 Å². The minimum atomic E-state index is -0.849. The second-order valence-corrected chi connectivity index (χ2v) is 4.85. The molecule has 0 aromatic rings. The molecule has 2 aliphatic carbocycles. The van der Waals surface area contributed by atoms with Crippen molar-refractivity contribution in [2.75, 3.05) is 7.11 Å². The molecule has 14 heavy (non-hydrogen) atoms. The fraction of sp³-hybridized carbons (Fsp3) is 0.909. The van der Waals surface area contributed by atoms with Crippen LogP contribution in [0.2, 0.25) is 0 Å². The molecule has 0 saturated heterocycles. The van der Waals surface area contributed by atoms with Gasteiger partial charge in [-0.05, 0) is 38.5 Å². The van der Waals surface area contributed by atoms with Crippen molar-refractivity contribution in [2.24, 2.45) is 11.3 Å². The van der Waals surface area contributed by atoms with Crippen LogP contribution in [0.15, 0.2) is 0 Å². The molecule has 0 radical (unpaired) electrons. The quantitative estimate of drug-likeness (QED) is 0.649. The Hall–Kier alpha value is -0.570. The van der Waals surface area contributed by atoms with Crippen LogP contribution in [0.5, 0.6) is 0 Å². The molecule has 0 amide bonds. The Balaban J connectivity index is 2.37. The number of methoxy groups -OCH3 is 1. The molecular formula is C11H18O3. The number of carbonyl (C=O) groups is 1. The predicted octanol–water partition coefficient (Wildman–Crippen LogP) is 1.49. The van der Waals surface area contributed by atoms with Gasteiger partial charge in [-0.3, -0.25) is 4.79 Å². The number of ether oxygens (including phenoxy) is 1. The summed E-state index contributed by atoms with van der Waals surface area (Å²) in [6, 6.07) is 0. The average Bonchev–Trinajstić information content (AvgIpc) is 2.39. The van der Waals surface area contributed by atoms with Crippen LogP contribution in [0, 0.1) is 11.3 Å². The lowest BCUT2D eigenvalue weighted by Crippen LogP contribution is -2.53. The summed E-state index contributed by atoms with van der Waals surface area (Å²) in [6.45, 7) is 1.81. The van der Waals surface area contributed by atoms with E-state index in [4.69, 9.17) is 4.74 Å². The molecule has 2 fully saturated rings. The standard InChI is InChI=1S/C11H18O3/c1-10(13)8-4-3-6-11(10,7-5-8)9(12)14-2/h8,13H,3-7H2,1-2H3/t8-,10+,11+/m0/s1. The fourth-order valence-electron chi connectivity index (χ4n) is 3.41. The summed E-state index contributed by atoms with van der Waals surface area (Å²) in [5.41, 5.74) is -1.46. The van der Waals surface area contributed by atoms with Crippen molar-refractivity contribution in [1.82, 2.24) is 0 Å². The average molecular weight is 198 g/mol. The van der Waals surface area contributed by atoms with Crippen molar-refractivity contribution >= 4 is 5.97 Å². The first-order chi connectivity index (χ1) is 6.54. The number of carbonyl (C=O) groups excluding carboxylic acids is 1. The van der Waals surface area contributed by atoms with Crippen LogP contribution >= 0.6 is 0 Å². The van der Waals surface area contributed by atoms with E-state index in [1.165, 1.54) is 7.11 Å². The number of hydrogen-bond donors (Lipinski definition) is 1. The molecule has 3 atom stereocenters. The van der Waals surface area contributed by atoms with Crippen molar-refractivity contribution in [1.29, 1.82) is 0 Å². The SMILES string of the molecule is COC(=O)[C@@]12CCC[C@@H](CC1)[C@@]2(C)O. The number of aliphatic hydroxyl groups is 1. The first-order valence-electron chi connectivity index (χ1n) is 5.35. The Morgan fingerprint density at radius 1 is 1.43 bits per heavy atom. The monoisotopic (exact) mass is 198 g/mol. The van der Waals surface area contributed by atoms with E-state index in [9.17, 15) is 9.90 Å². The van der Waals surface area contributed by atoms with Crippen LogP contribution in [-0.4, -0.2) is 23.8 Å². The topological polar surface area (TPSA) is 46.5 Å². The highest BCUT2D eigenvalue weighted by Gasteiger charge is 2.63. The maximum Gasteiger partial charge on any atom is 0.314 e. The number of fused-ring (bicyclic) bond motifs is 2. The molecule has 2 saturated carbocycles. The Morgan fingerprint density at radius 2 is 2.14 bits per heavy atom. The van der Waals surface area contributed by atoms with Gasteiger partial charge in [-0.25, -0.2) is 0 Å². The molecular weight excluding hydrogens is 180 g/mol. The van der Waals surface area contributed by atoms with Crippen LogP contribution in [0.25, 0.3) is 0 Å². The van der Waals surface area contributed by atoms with E-state index in [1.54, 1.807) is 6.92 Å². The third-order valence-electron chi connectivity index (χ3n) is 4.42. The molecule has 0 aliphatic heterocycles. The zero-order chi connectivity index (χ0) is 10.4. The highest BCUT2D eigenvalue weighted by molar-refractivity contribution is 5.79. The highest BCUT2D eigenvalue weighted by atomic mass is 16.5. The summed E-state index contributed by atoms with van der Waals surface area (Å²) >= 11 is 0. The molecule has 2 bridgehead atoms. The van der Waals surface area contributed by atoms with Gasteiger partial charge in [0.2, 0.25) is 0 Å². The van der Waals surface area contributed by atoms with Gasteiger partial charge in [-0.2, -0.15) is 0 Å². The van der Waals surface area contributed by atoms with E-state index in [0.717, 1.165) is 32.1 Å². The maximum atomic E-state index is 11.8. The van der Waals surface area contributed by atoms with Crippen LogP contribution in [0.3, 0.4) is 0 Å². The fourth-order valence-corrected chi connectivity index (χ4v) is 3.41. The molecule has 0 aromatic heterocycles. The lowest BCUT2D eigenvalue weighted by Gasteiger charge is -2.44. The Labute approximate surface area is 84.4 Å². The summed E-state index contributed by atoms with van der Waals surface area (Å²) < 4.78 is 4.85. The van der Waals surface area contributed by atoms with Gasteiger partial charge in [0.05, 0.1) is 18.1 Å². The first kappa shape index (κ1) is 9.97. The van der Waals surface area contributed by atoms with Gasteiger partial charge in [0.15, 0.2) is 0 Å². The second-order valence-electron chi connectivity index (χ2n) is 4.85. The van der Waals surface area contributed by atoms with E-state index in [2.05, 4.69) is 0 Å². The molecule has 0 heterocycles. The molecule has 3 nitrogen and oxygen atoms in total. The zero-order valence-electron chi connectivity index (χ0n) is 8.88. The molecule has 0 spiro atoms. The van der Waals surface area contributed by atoms with E-state index < -0.39 is 11.0 Å². The minimum Gasteiger partial charge on any atom is -0.469 e. The van der Waals surface area contributed by atoms with Crippen molar-refractivity contribution in [3.05, 3.63) is 0 Å². The van der Waals surface area contributed by atoms with E-state index in [-0.39, 0.29) is 11.9 Å². The lowest BCUT2D eigenvalue weighted by molar-refractivity contribution is -0.176. The molecule has 3 heteroatoms. The summed E-state index contributed by atoms with van der Waals surface area (Å²) in [7, 11) is 1.41. The largest absolute Gasteiger partial charge is 0.469 e. The highest BCUT2D eigenvalue weighted by Crippen LogP contribution is 2.58. The molecule has 1 N–H and O–H groups in total.